The fraction of sp³-hybridized carbons (Fsp3) is 0.500. The zero-order chi connectivity index (χ0) is 12.0. The number of sulfonamides is 1. The molecule has 0 aromatic heterocycles. The minimum absolute atomic E-state index is 0.0137. The maximum Gasteiger partial charge on any atom is 0.243 e. The lowest BCUT2D eigenvalue weighted by Crippen LogP contribution is -2.37. The highest BCUT2D eigenvalue weighted by Gasteiger charge is 2.51. The Labute approximate surface area is 101 Å². The number of fused-ring (bicyclic) bond motifs is 2. The molecule has 3 rings (SSSR count). The predicted molar refractivity (Wildman–Crippen MR) is 62.9 cm³/mol. The smallest absolute Gasteiger partial charge is 0.243 e. The lowest BCUT2D eigenvalue weighted by molar-refractivity contribution is 0.137. The van der Waals surface area contributed by atoms with Crippen molar-refractivity contribution in [3.63, 3.8) is 0 Å². The lowest BCUT2D eigenvalue weighted by Gasteiger charge is -2.21. The third-order valence-electron chi connectivity index (χ3n) is 3.76. The molecular formula is C12H15NO3S. The summed E-state index contributed by atoms with van der Waals surface area (Å²) < 4.78 is 26.4. The zero-order valence-electron chi connectivity index (χ0n) is 9.36. The van der Waals surface area contributed by atoms with E-state index in [-0.39, 0.29) is 12.1 Å². The number of hydrogen-bond donors (Lipinski definition) is 1. The van der Waals surface area contributed by atoms with E-state index in [2.05, 4.69) is 0 Å². The summed E-state index contributed by atoms with van der Waals surface area (Å²) in [5, 5.41) is 9.79. The van der Waals surface area contributed by atoms with Gasteiger partial charge in [0.25, 0.3) is 0 Å². The third kappa shape index (κ3) is 1.61. The van der Waals surface area contributed by atoms with Crippen molar-refractivity contribution in [1.82, 2.24) is 4.31 Å². The van der Waals surface area contributed by atoms with Crippen molar-refractivity contribution in [2.45, 2.75) is 42.3 Å². The molecule has 17 heavy (non-hydrogen) atoms. The summed E-state index contributed by atoms with van der Waals surface area (Å²) in [6, 6.07) is 8.24. The standard InChI is InChI=1S/C12H15NO3S/c14-12-8-9-6-7-11(12)13(9)17(15,16)10-4-2-1-3-5-10/h1-5,9,11-12,14H,6-8H2/t9-,11+,12+/m0/s1. The molecule has 2 bridgehead atoms. The Bertz CT molecular complexity index is 514. The molecular weight excluding hydrogens is 238 g/mol. The average Bonchev–Trinajstić information content (AvgIpc) is 2.87. The van der Waals surface area contributed by atoms with Gasteiger partial charge in [-0.15, -0.1) is 0 Å². The molecule has 1 aromatic carbocycles. The van der Waals surface area contributed by atoms with Gasteiger partial charge in [-0.1, -0.05) is 18.2 Å². The van der Waals surface area contributed by atoms with E-state index in [4.69, 9.17) is 0 Å². The highest BCUT2D eigenvalue weighted by molar-refractivity contribution is 7.89. The van der Waals surface area contributed by atoms with Gasteiger partial charge in [0, 0.05) is 6.04 Å². The Morgan fingerprint density at radius 3 is 2.41 bits per heavy atom. The van der Waals surface area contributed by atoms with Crippen LogP contribution < -0.4 is 0 Å². The van der Waals surface area contributed by atoms with Crippen LogP contribution in [-0.4, -0.2) is 36.0 Å². The van der Waals surface area contributed by atoms with Crippen LogP contribution in [0.25, 0.3) is 0 Å². The Morgan fingerprint density at radius 2 is 1.88 bits per heavy atom. The second kappa shape index (κ2) is 3.80. The van der Waals surface area contributed by atoms with E-state index in [0.29, 0.717) is 11.3 Å². The Kier molecular flexibility index (Phi) is 2.50. The van der Waals surface area contributed by atoms with Crippen molar-refractivity contribution >= 4 is 10.0 Å². The molecule has 5 heteroatoms. The van der Waals surface area contributed by atoms with Gasteiger partial charge in [0.2, 0.25) is 10.0 Å². The lowest BCUT2D eigenvalue weighted by atomic mass is 9.98. The second-order valence-electron chi connectivity index (χ2n) is 4.75. The molecule has 2 fully saturated rings. The van der Waals surface area contributed by atoms with Crippen LogP contribution in [0.1, 0.15) is 19.3 Å². The molecule has 2 heterocycles. The van der Waals surface area contributed by atoms with Gasteiger partial charge in [0.05, 0.1) is 17.0 Å². The summed E-state index contributed by atoms with van der Waals surface area (Å²) in [6.07, 6.45) is 1.73. The normalized spacial score (nSPS) is 33.1. The Morgan fingerprint density at radius 1 is 1.18 bits per heavy atom. The average molecular weight is 253 g/mol. The number of rotatable bonds is 2. The van der Waals surface area contributed by atoms with Gasteiger partial charge in [-0.05, 0) is 31.4 Å². The summed E-state index contributed by atoms with van der Waals surface area (Å²) in [7, 11) is -3.43. The van der Waals surface area contributed by atoms with Crippen molar-refractivity contribution in [1.29, 1.82) is 0 Å². The molecule has 0 radical (unpaired) electrons. The first-order chi connectivity index (χ1) is 8.10. The quantitative estimate of drug-likeness (QED) is 0.854. The van der Waals surface area contributed by atoms with Crippen LogP contribution in [0.3, 0.4) is 0 Å². The van der Waals surface area contributed by atoms with Gasteiger partial charge in [-0.2, -0.15) is 4.31 Å². The molecule has 2 aliphatic heterocycles. The Balaban J connectivity index is 2.00. The van der Waals surface area contributed by atoms with Gasteiger partial charge < -0.3 is 5.11 Å². The molecule has 92 valence electrons. The summed E-state index contributed by atoms with van der Waals surface area (Å²) >= 11 is 0. The fourth-order valence-electron chi connectivity index (χ4n) is 3.00. The molecule has 4 nitrogen and oxygen atoms in total. The number of benzene rings is 1. The van der Waals surface area contributed by atoms with Crippen LogP contribution in [0, 0.1) is 0 Å². The van der Waals surface area contributed by atoms with Gasteiger partial charge >= 0.3 is 0 Å². The minimum Gasteiger partial charge on any atom is -0.391 e. The number of hydrogen-bond acceptors (Lipinski definition) is 3. The minimum atomic E-state index is -3.43. The molecule has 0 amide bonds. The predicted octanol–water partition coefficient (Wildman–Crippen LogP) is 0.973. The molecule has 0 spiro atoms. The molecule has 3 atom stereocenters. The van der Waals surface area contributed by atoms with E-state index < -0.39 is 16.1 Å². The van der Waals surface area contributed by atoms with Gasteiger partial charge in [-0.3, -0.25) is 0 Å². The SMILES string of the molecule is O=S(=O)(c1ccccc1)N1[C@H]2CC[C@@H]1[C@H](O)C2. The molecule has 0 aliphatic carbocycles. The fourth-order valence-corrected chi connectivity index (χ4v) is 4.93. The molecule has 1 N–H and O–H groups in total. The van der Waals surface area contributed by atoms with Crippen molar-refractivity contribution < 1.29 is 13.5 Å². The number of aliphatic hydroxyl groups excluding tert-OH is 1. The summed E-state index contributed by atoms with van der Waals surface area (Å²) in [6.45, 7) is 0. The largest absolute Gasteiger partial charge is 0.391 e. The van der Waals surface area contributed by atoms with E-state index in [1.165, 1.54) is 4.31 Å². The van der Waals surface area contributed by atoms with Gasteiger partial charge in [0.15, 0.2) is 0 Å². The van der Waals surface area contributed by atoms with E-state index >= 15 is 0 Å². The van der Waals surface area contributed by atoms with E-state index in [9.17, 15) is 13.5 Å². The highest BCUT2D eigenvalue weighted by Crippen LogP contribution is 2.41. The van der Waals surface area contributed by atoms with Crippen LogP contribution in [-0.2, 0) is 10.0 Å². The van der Waals surface area contributed by atoms with E-state index in [1.54, 1.807) is 30.3 Å². The molecule has 2 aliphatic rings. The first-order valence-electron chi connectivity index (χ1n) is 5.87. The van der Waals surface area contributed by atoms with Crippen LogP contribution in [0.15, 0.2) is 35.2 Å². The van der Waals surface area contributed by atoms with E-state index in [0.717, 1.165) is 12.8 Å². The van der Waals surface area contributed by atoms with Gasteiger partial charge in [0.1, 0.15) is 0 Å². The van der Waals surface area contributed by atoms with Gasteiger partial charge in [-0.25, -0.2) is 8.42 Å². The summed E-state index contributed by atoms with van der Waals surface area (Å²) in [5.41, 5.74) is 0. The number of aliphatic hydroxyl groups is 1. The monoisotopic (exact) mass is 253 g/mol. The molecule has 0 unspecified atom stereocenters. The third-order valence-corrected chi connectivity index (χ3v) is 5.75. The molecule has 0 saturated carbocycles. The molecule has 1 aromatic rings. The first-order valence-corrected chi connectivity index (χ1v) is 7.31. The van der Waals surface area contributed by atoms with Crippen molar-refractivity contribution in [2.24, 2.45) is 0 Å². The van der Waals surface area contributed by atoms with Crippen LogP contribution >= 0.6 is 0 Å². The molecule has 2 saturated heterocycles. The van der Waals surface area contributed by atoms with Crippen molar-refractivity contribution in [3.8, 4) is 0 Å². The number of nitrogens with zero attached hydrogens (tertiary/aromatic N) is 1. The first kappa shape index (κ1) is 11.2. The Hall–Kier alpha value is -0.910. The maximum absolute atomic E-state index is 12.5. The van der Waals surface area contributed by atoms with E-state index in [1.807, 2.05) is 0 Å². The zero-order valence-corrected chi connectivity index (χ0v) is 10.2. The van der Waals surface area contributed by atoms with Crippen LogP contribution in [0.5, 0.6) is 0 Å². The topological polar surface area (TPSA) is 57.6 Å². The maximum atomic E-state index is 12.5. The second-order valence-corrected chi connectivity index (χ2v) is 6.59. The van der Waals surface area contributed by atoms with Crippen LogP contribution in [0.2, 0.25) is 0 Å². The summed E-state index contributed by atoms with van der Waals surface area (Å²) in [4.78, 5) is 0.325. The van der Waals surface area contributed by atoms with Crippen molar-refractivity contribution in [3.05, 3.63) is 30.3 Å². The van der Waals surface area contributed by atoms with Crippen LogP contribution in [0.4, 0.5) is 0 Å². The highest BCUT2D eigenvalue weighted by atomic mass is 32.2. The van der Waals surface area contributed by atoms with Crippen molar-refractivity contribution in [2.75, 3.05) is 0 Å². The summed E-state index contributed by atoms with van der Waals surface area (Å²) in [5.74, 6) is 0.